The first kappa shape index (κ1) is 23.0. The molecule has 2 unspecified atom stereocenters. The van der Waals surface area contributed by atoms with Gasteiger partial charge in [0.15, 0.2) is 6.61 Å². The van der Waals surface area contributed by atoms with Crippen molar-refractivity contribution in [2.45, 2.75) is 71.5 Å². The lowest BCUT2D eigenvalue weighted by Crippen LogP contribution is -2.48. The van der Waals surface area contributed by atoms with Crippen molar-refractivity contribution in [3.8, 4) is 0 Å². The molecular weight excluding hydrogens is 396 g/mol. The molecule has 0 bridgehead atoms. The van der Waals surface area contributed by atoms with Gasteiger partial charge in [-0.05, 0) is 46.1 Å². The van der Waals surface area contributed by atoms with Crippen molar-refractivity contribution >= 4 is 23.7 Å². The Labute approximate surface area is 183 Å². The molecule has 0 N–H and O–H groups in total. The van der Waals surface area contributed by atoms with Gasteiger partial charge < -0.3 is 9.64 Å². The highest BCUT2D eigenvalue weighted by Gasteiger charge is 2.51. The SMILES string of the molecule is C[C@@H](C(=O)OCC(=O)N(Cc1ccccc1)C(C)(C)C)N1C(=O)C2CCCCC2C1=O. The van der Waals surface area contributed by atoms with Gasteiger partial charge in [-0.15, -0.1) is 0 Å². The monoisotopic (exact) mass is 428 g/mol. The second kappa shape index (κ2) is 9.20. The number of rotatable bonds is 6. The number of esters is 1. The fraction of sp³-hybridized carbons (Fsp3) is 0.583. The van der Waals surface area contributed by atoms with Gasteiger partial charge in [0.2, 0.25) is 11.8 Å². The zero-order valence-electron chi connectivity index (χ0n) is 18.8. The second-order valence-corrected chi connectivity index (χ2v) is 9.46. The molecule has 3 rings (SSSR count). The molecule has 3 amide bonds. The number of fused-ring (bicyclic) bond motifs is 1. The minimum atomic E-state index is -1.03. The number of imide groups is 1. The van der Waals surface area contributed by atoms with E-state index in [9.17, 15) is 19.2 Å². The predicted octanol–water partition coefficient (Wildman–Crippen LogP) is 2.92. The van der Waals surface area contributed by atoms with Gasteiger partial charge in [0.1, 0.15) is 6.04 Å². The largest absolute Gasteiger partial charge is 0.454 e. The van der Waals surface area contributed by atoms with Crippen LogP contribution < -0.4 is 0 Å². The van der Waals surface area contributed by atoms with Crippen LogP contribution in [0.25, 0.3) is 0 Å². The third kappa shape index (κ3) is 4.97. The van der Waals surface area contributed by atoms with Crippen LogP contribution in [0.5, 0.6) is 0 Å². The molecule has 0 radical (unpaired) electrons. The van der Waals surface area contributed by atoms with Gasteiger partial charge in [0, 0.05) is 12.1 Å². The summed E-state index contributed by atoms with van der Waals surface area (Å²) in [5.41, 5.74) is 0.503. The van der Waals surface area contributed by atoms with Crippen LogP contribution in [0.1, 0.15) is 58.9 Å². The van der Waals surface area contributed by atoms with E-state index >= 15 is 0 Å². The first-order valence-electron chi connectivity index (χ1n) is 11.0. The van der Waals surface area contributed by atoms with E-state index in [1.54, 1.807) is 4.90 Å². The molecule has 2 aliphatic rings. The molecule has 7 nitrogen and oxygen atoms in total. The Morgan fingerprint density at radius 3 is 2.13 bits per heavy atom. The fourth-order valence-corrected chi connectivity index (χ4v) is 4.47. The molecule has 2 fully saturated rings. The maximum Gasteiger partial charge on any atom is 0.329 e. The molecule has 1 saturated heterocycles. The first-order valence-corrected chi connectivity index (χ1v) is 11.0. The van der Waals surface area contributed by atoms with Gasteiger partial charge in [-0.2, -0.15) is 0 Å². The second-order valence-electron chi connectivity index (χ2n) is 9.46. The van der Waals surface area contributed by atoms with Crippen LogP contribution in [0.15, 0.2) is 30.3 Å². The summed E-state index contributed by atoms with van der Waals surface area (Å²) >= 11 is 0. The van der Waals surface area contributed by atoms with Gasteiger partial charge in [-0.1, -0.05) is 43.2 Å². The number of nitrogens with zero attached hydrogens (tertiary/aromatic N) is 2. The van der Waals surface area contributed by atoms with Gasteiger partial charge in [-0.3, -0.25) is 19.3 Å². The van der Waals surface area contributed by atoms with E-state index < -0.39 is 24.2 Å². The van der Waals surface area contributed by atoms with E-state index in [0.29, 0.717) is 19.4 Å². The summed E-state index contributed by atoms with van der Waals surface area (Å²) < 4.78 is 5.27. The topological polar surface area (TPSA) is 84.0 Å². The zero-order chi connectivity index (χ0) is 22.8. The average Bonchev–Trinajstić information content (AvgIpc) is 3.00. The summed E-state index contributed by atoms with van der Waals surface area (Å²) in [5.74, 6) is -2.27. The summed E-state index contributed by atoms with van der Waals surface area (Å²) in [6.45, 7) is 7.20. The maximum absolute atomic E-state index is 12.9. The van der Waals surface area contributed by atoms with Crippen LogP contribution in [0.2, 0.25) is 0 Å². The first-order chi connectivity index (χ1) is 14.6. The van der Waals surface area contributed by atoms with Crippen LogP contribution >= 0.6 is 0 Å². The summed E-state index contributed by atoms with van der Waals surface area (Å²) in [6.07, 6.45) is 3.22. The van der Waals surface area contributed by atoms with Crippen molar-refractivity contribution < 1.29 is 23.9 Å². The highest BCUT2D eigenvalue weighted by Crippen LogP contribution is 2.38. The Hall–Kier alpha value is -2.70. The van der Waals surface area contributed by atoms with Crippen LogP contribution in [0.4, 0.5) is 0 Å². The van der Waals surface area contributed by atoms with Gasteiger partial charge in [0.05, 0.1) is 11.8 Å². The molecule has 1 aliphatic heterocycles. The minimum Gasteiger partial charge on any atom is -0.454 e. The van der Waals surface area contributed by atoms with Crippen LogP contribution in [-0.4, -0.2) is 51.7 Å². The van der Waals surface area contributed by atoms with E-state index in [1.165, 1.54) is 6.92 Å². The molecule has 0 spiro atoms. The van der Waals surface area contributed by atoms with E-state index in [1.807, 2.05) is 51.1 Å². The molecule has 1 aliphatic carbocycles. The minimum absolute atomic E-state index is 0.286. The van der Waals surface area contributed by atoms with Crippen molar-refractivity contribution in [1.82, 2.24) is 9.80 Å². The lowest BCUT2D eigenvalue weighted by atomic mass is 9.81. The van der Waals surface area contributed by atoms with Crippen molar-refractivity contribution in [2.24, 2.45) is 11.8 Å². The molecule has 168 valence electrons. The summed E-state index contributed by atoms with van der Waals surface area (Å²) in [7, 11) is 0. The standard InChI is InChI=1S/C24H32N2O5/c1-16(26-21(28)18-12-8-9-13-19(18)22(26)29)23(30)31-15-20(27)25(24(2,3)4)14-17-10-6-5-7-11-17/h5-7,10-11,16,18-19H,8-9,12-15H2,1-4H3/t16-,18?,19?/m0/s1. The van der Waals surface area contributed by atoms with Crippen molar-refractivity contribution in [1.29, 1.82) is 0 Å². The summed E-state index contributed by atoms with van der Waals surface area (Å²) in [5, 5.41) is 0. The third-order valence-corrected chi connectivity index (χ3v) is 6.24. The van der Waals surface area contributed by atoms with Crippen molar-refractivity contribution in [2.75, 3.05) is 6.61 Å². The fourth-order valence-electron chi connectivity index (χ4n) is 4.47. The average molecular weight is 429 g/mol. The summed E-state index contributed by atoms with van der Waals surface area (Å²) in [6, 6.07) is 8.56. The Morgan fingerprint density at radius 1 is 1.06 bits per heavy atom. The highest BCUT2D eigenvalue weighted by atomic mass is 16.5. The van der Waals surface area contributed by atoms with E-state index in [-0.39, 0.29) is 29.6 Å². The Morgan fingerprint density at radius 2 is 1.61 bits per heavy atom. The zero-order valence-corrected chi connectivity index (χ0v) is 18.8. The normalized spacial score (nSPS) is 22.1. The van der Waals surface area contributed by atoms with Gasteiger partial charge >= 0.3 is 5.97 Å². The molecule has 31 heavy (non-hydrogen) atoms. The van der Waals surface area contributed by atoms with Crippen molar-refractivity contribution in [3.05, 3.63) is 35.9 Å². The Bertz CT molecular complexity index is 821. The van der Waals surface area contributed by atoms with Crippen LogP contribution in [0, 0.1) is 11.8 Å². The Balaban J connectivity index is 1.62. The molecule has 1 aromatic rings. The molecule has 7 heteroatoms. The lowest BCUT2D eigenvalue weighted by molar-refractivity contribution is -0.162. The lowest BCUT2D eigenvalue weighted by Gasteiger charge is -2.36. The molecule has 0 aromatic heterocycles. The maximum atomic E-state index is 12.9. The number of hydrogen-bond donors (Lipinski definition) is 0. The molecule has 1 heterocycles. The number of carbonyl (C=O) groups is 4. The quantitative estimate of drug-likeness (QED) is 0.514. The molecule has 3 atom stereocenters. The number of ether oxygens (including phenoxy) is 1. The Kier molecular flexibility index (Phi) is 6.82. The number of hydrogen-bond acceptors (Lipinski definition) is 5. The van der Waals surface area contributed by atoms with E-state index in [0.717, 1.165) is 23.3 Å². The number of amides is 3. The highest BCUT2D eigenvalue weighted by molar-refractivity contribution is 6.07. The number of likely N-dealkylation sites (tertiary alicyclic amines) is 1. The predicted molar refractivity (Wildman–Crippen MR) is 114 cm³/mol. The number of carbonyl (C=O) groups excluding carboxylic acids is 4. The van der Waals surface area contributed by atoms with E-state index in [2.05, 4.69) is 0 Å². The molecule has 1 aromatic carbocycles. The smallest absolute Gasteiger partial charge is 0.329 e. The molecule has 1 saturated carbocycles. The third-order valence-electron chi connectivity index (χ3n) is 6.24. The molecular formula is C24H32N2O5. The van der Waals surface area contributed by atoms with Gasteiger partial charge in [-0.25, -0.2) is 4.79 Å². The summed E-state index contributed by atoms with van der Waals surface area (Å²) in [4.78, 5) is 53.6. The van der Waals surface area contributed by atoms with Crippen molar-refractivity contribution in [3.63, 3.8) is 0 Å². The van der Waals surface area contributed by atoms with Gasteiger partial charge in [0.25, 0.3) is 5.91 Å². The van der Waals surface area contributed by atoms with Crippen LogP contribution in [0.3, 0.4) is 0 Å². The van der Waals surface area contributed by atoms with Crippen LogP contribution in [-0.2, 0) is 30.5 Å². The van der Waals surface area contributed by atoms with E-state index in [4.69, 9.17) is 4.74 Å². The number of benzene rings is 1.